The molecule has 0 unspecified atom stereocenters. The van der Waals surface area contributed by atoms with Gasteiger partial charge in [-0.05, 0) is 42.0 Å². The van der Waals surface area contributed by atoms with Crippen LogP contribution in [-0.2, 0) is 6.54 Å². The molecule has 3 aromatic rings. The zero-order valence-electron chi connectivity index (χ0n) is 16.3. The van der Waals surface area contributed by atoms with E-state index in [0.29, 0.717) is 17.8 Å². The number of thiocarbonyl (C=S) groups is 1. The van der Waals surface area contributed by atoms with Gasteiger partial charge in [0, 0.05) is 13.6 Å². The van der Waals surface area contributed by atoms with Crippen molar-refractivity contribution in [2.75, 3.05) is 11.9 Å². The SMILES string of the molecule is CN(C(=S)NC(=O)c1ccccc1F)c1ccccc1C(=O)NCc1ccccc1. The molecule has 0 saturated heterocycles. The van der Waals surface area contributed by atoms with Crippen LogP contribution in [0.15, 0.2) is 78.9 Å². The molecule has 0 aliphatic carbocycles. The molecule has 0 aromatic heterocycles. The molecule has 0 radical (unpaired) electrons. The third kappa shape index (κ3) is 5.07. The number of benzene rings is 3. The average Bonchev–Trinajstić information content (AvgIpc) is 2.77. The quantitative estimate of drug-likeness (QED) is 0.614. The molecule has 3 rings (SSSR count). The highest BCUT2D eigenvalue weighted by Gasteiger charge is 2.19. The average molecular weight is 421 g/mol. The Hall–Kier alpha value is -3.58. The summed E-state index contributed by atoms with van der Waals surface area (Å²) in [5, 5.41) is 5.43. The molecule has 0 spiro atoms. The second-order valence-electron chi connectivity index (χ2n) is 6.48. The van der Waals surface area contributed by atoms with Gasteiger partial charge in [-0.3, -0.25) is 14.9 Å². The van der Waals surface area contributed by atoms with Crippen molar-refractivity contribution in [3.63, 3.8) is 0 Å². The first-order valence-corrected chi connectivity index (χ1v) is 9.63. The minimum atomic E-state index is -0.657. The van der Waals surface area contributed by atoms with Crippen LogP contribution in [-0.4, -0.2) is 24.0 Å². The topological polar surface area (TPSA) is 61.4 Å². The summed E-state index contributed by atoms with van der Waals surface area (Å²) in [6.45, 7) is 0.381. The number of hydrogen-bond acceptors (Lipinski definition) is 3. The van der Waals surface area contributed by atoms with Gasteiger partial charge in [-0.15, -0.1) is 0 Å². The molecular weight excluding hydrogens is 401 g/mol. The number of rotatable bonds is 5. The Morgan fingerprint density at radius 1 is 0.867 bits per heavy atom. The fourth-order valence-corrected chi connectivity index (χ4v) is 3.03. The van der Waals surface area contributed by atoms with Crippen molar-refractivity contribution in [1.82, 2.24) is 10.6 Å². The Kier molecular flexibility index (Phi) is 6.87. The molecule has 7 heteroatoms. The van der Waals surface area contributed by atoms with Gasteiger partial charge < -0.3 is 10.2 Å². The van der Waals surface area contributed by atoms with Crippen molar-refractivity contribution in [1.29, 1.82) is 0 Å². The minimum Gasteiger partial charge on any atom is -0.348 e. The monoisotopic (exact) mass is 421 g/mol. The second-order valence-corrected chi connectivity index (χ2v) is 6.87. The lowest BCUT2D eigenvalue weighted by Gasteiger charge is -2.23. The summed E-state index contributed by atoms with van der Waals surface area (Å²) in [4.78, 5) is 26.6. The van der Waals surface area contributed by atoms with Crippen molar-refractivity contribution in [2.24, 2.45) is 0 Å². The summed E-state index contributed by atoms with van der Waals surface area (Å²) in [6.07, 6.45) is 0. The minimum absolute atomic E-state index is 0.0477. The van der Waals surface area contributed by atoms with E-state index in [1.807, 2.05) is 30.3 Å². The van der Waals surface area contributed by atoms with Gasteiger partial charge >= 0.3 is 0 Å². The highest BCUT2D eigenvalue weighted by Crippen LogP contribution is 2.20. The second kappa shape index (κ2) is 9.76. The number of hydrogen-bond donors (Lipinski definition) is 2. The van der Waals surface area contributed by atoms with E-state index in [4.69, 9.17) is 12.2 Å². The van der Waals surface area contributed by atoms with Crippen molar-refractivity contribution < 1.29 is 14.0 Å². The molecular formula is C23H20FN3O2S. The Morgan fingerprint density at radius 2 is 1.47 bits per heavy atom. The van der Waals surface area contributed by atoms with Crippen molar-refractivity contribution in [3.05, 3.63) is 101 Å². The predicted molar refractivity (Wildman–Crippen MR) is 119 cm³/mol. The largest absolute Gasteiger partial charge is 0.348 e. The molecule has 3 aromatic carbocycles. The van der Waals surface area contributed by atoms with Crippen LogP contribution in [0.4, 0.5) is 10.1 Å². The van der Waals surface area contributed by atoms with Crippen LogP contribution in [0, 0.1) is 5.82 Å². The van der Waals surface area contributed by atoms with E-state index < -0.39 is 11.7 Å². The zero-order chi connectivity index (χ0) is 21.5. The molecule has 152 valence electrons. The standard InChI is InChI=1S/C23H20FN3O2S/c1-27(23(30)26-22(29)17-11-5-7-13-19(17)24)20-14-8-6-12-18(20)21(28)25-15-16-9-3-2-4-10-16/h2-14H,15H2,1H3,(H,25,28)(H,26,29,30). The van der Waals surface area contributed by atoms with Crippen LogP contribution in [0.1, 0.15) is 26.3 Å². The van der Waals surface area contributed by atoms with Crippen LogP contribution in [0.3, 0.4) is 0 Å². The van der Waals surface area contributed by atoms with E-state index in [1.165, 1.54) is 23.1 Å². The van der Waals surface area contributed by atoms with Crippen LogP contribution in [0.5, 0.6) is 0 Å². The third-order valence-electron chi connectivity index (χ3n) is 4.45. The number of nitrogens with one attached hydrogen (secondary N) is 2. The van der Waals surface area contributed by atoms with Crippen LogP contribution in [0.25, 0.3) is 0 Å². The van der Waals surface area contributed by atoms with E-state index in [-0.39, 0.29) is 16.6 Å². The molecule has 0 bridgehead atoms. The molecule has 0 heterocycles. The number of halogens is 1. The molecule has 0 atom stereocenters. The number of carbonyl (C=O) groups excluding carboxylic acids is 2. The molecule has 2 amide bonds. The van der Waals surface area contributed by atoms with Crippen LogP contribution >= 0.6 is 12.2 Å². The maximum absolute atomic E-state index is 13.8. The van der Waals surface area contributed by atoms with Gasteiger partial charge in [0.2, 0.25) is 0 Å². The van der Waals surface area contributed by atoms with Crippen molar-refractivity contribution in [3.8, 4) is 0 Å². The first kappa shape index (κ1) is 21.1. The highest BCUT2D eigenvalue weighted by molar-refractivity contribution is 7.80. The number of amides is 2. The Morgan fingerprint density at radius 3 is 2.17 bits per heavy atom. The number of para-hydroxylation sites is 1. The third-order valence-corrected chi connectivity index (χ3v) is 4.83. The Bertz CT molecular complexity index is 1070. The van der Waals surface area contributed by atoms with Gasteiger partial charge in [0.1, 0.15) is 5.82 Å². The smallest absolute Gasteiger partial charge is 0.260 e. The lowest BCUT2D eigenvalue weighted by molar-refractivity contribution is 0.0949. The van der Waals surface area contributed by atoms with Gasteiger partial charge in [0.15, 0.2) is 5.11 Å². The summed E-state index contributed by atoms with van der Waals surface area (Å²) in [5.41, 5.74) is 1.78. The summed E-state index contributed by atoms with van der Waals surface area (Å²) >= 11 is 5.31. The molecule has 2 N–H and O–H groups in total. The lowest BCUT2D eigenvalue weighted by Crippen LogP contribution is -2.41. The number of nitrogens with zero attached hydrogens (tertiary/aromatic N) is 1. The molecule has 0 aliphatic heterocycles. The van der Waals surface area contributed by atoms with Gasteiger partial charge in [-0.2, -0.15) is 0 Å². The number of carbonyl (C=O) groups is 2. The molecule has 0 aliphatic rings. The summed E-state index contributed by atoms with van der Waals surface area (Å²) in [6, 6.07) is 22.1. The maximum Gasteiger partial charge on any atom is 0.260 e. The zero-order valence-corrected chi connectivity index (χ0v) is 17.1. The first-order chi connectivity index (χ1) is 14.5. The van der Waals surface area contributed by atoms with E-state index in [2.05, 4.69) is 10.6 Å². The lowest BCUT2D eigenvalue weighted by atomic mass is 10.1. The van der Waals surface area contributed by atoms with Crippen molar-refractivity contribution in [2.45, 2.75) is 6.54 Å². The van der Waals surface area contributed by atoms with E-state index in [0.717, 1.165) is 5.56 Å². The van der Waals surface area contributed by atoms with E-state index >= 15 is 0 Å². The maximum atomic E-state index is 13.8. The molecule has 0 saturated carbocycles. The van der Waals surface area contributed by atoms with Gasteiger partial charge in [-0.25, -0.2) is 4.39 Å². The fourth-order valence-electron chi connectivity index (χ4n) is 2.83. The predicted octanol–water partition coefficient (Wildman–Crippen LogP) is 3.91. The molecule has 0 fully saturated rings. The first-order valence-electron chi connectivity index (χ1n) is 9.22. The molecule has 30 heavy (non-hydrogen) atoms. The van der Waals surface area contributed by atoms with Gasteiger partial charge in [-0.1, -0.05) is 54.6 Å². The Labute approximate surface area is 179 Å². The summed E-state index contributed by atoms with van der Waals surface area (Å²) < 4.78 is 13.8. The highest BCUT2D eigenvalue weighted by atomic mass is 32.1. The summed E-state index contributed by atoms with van der Waals surface area (Å²) in [7, 11) is 1.63. The van der Waals surface area contributed by atoms with Crippen LogP contribution in [0.2, 0.25) is 0 Å². The van der Waals surface area contributed by atoms with E-state index in [9.17, 15) is 14.0 Å². The Balaban J connectivity index is 1.72. The van der Waals surface area contributed by atoms with Gasteiger partial charge in [0.05, 0.1) is 16.8 Å². The molecule has 5 nitrogen and oxygen atoms in total. The summed E-state index contributed by atoms with van der Waals surface area (Å²) in [5.74, 6) is -1.57. The normalized spacial score (nSPS) is 10.2. The van der Waals surface area contributed by atoms with Gasteiger partial charge in [0.25, 0.3) is 11.8 Å². The van der Waals surface area contributed by atoms with E-state index in [1.54, 1.807) is 37.4 Å². The van der Waals surface area contributed by atoms with Crippen LogP contribution < -0.4 is 15.5 Å². The number of anilines is 1. The van der Waals surface area contributed by atoms with Crippen molar-refractivity contribution >= 4 is 34.8 Å². The fraction of sp³-hybridized carbons (Fsp3) is 0.0870.